The molecule has 7 nitrogen and oxygen atoms in total. The highest BCUT2D eigenvalue weighted by Crippen LogP contribution is 2.29. The molecule has 0 bridgehead atoms. The van der Waals surface area contributed by atoms with E-state index < -0.39 is 0 Å². The maximum atomic E-state index is 11.1. The fraction of sp³-hybridized carbons (Fsp3) is 0.333. The van der Waals surface area contributed by atoms with Crippen LogP contribution in [0.25, 0.3) is 0 Å². The number of hydrogen-bond donors (Lipinski definition) is 3. The summed E-state index contributed by atoms with van der Waals surface area (Å²) in [6.07, 6.45) is 10.8. The molecule has 26 heavy (non-hydrogen) atoms. The van der Waals surface area contributed by atoms with Crippen LogP contribution in [0.3, 0.4) is 0 Å². The lowest BCUT2D eigenvalue weighted by atomic mass is 10.2. The van der Waals surface area contributed by atoms with E-state index in [9.17, 15) is 4.79 Å². The number of allylic oxidation sites excluding steroid dienone is 3. The maximum Gasteiger partial charge on any atom is 0.224 e. The summed E-state index contributed by atoms with van der Waals surface area (Å²) in [5.74, 6) is 7.37. The first-order valence-electron chi connectivity index (χ1n) is 8.33. The molecule has 1 amide bonds. The maximum absolute atomic E-state index is 11.1. The zero-order chi connectivity index (χ0) is 18.9. The van der Waals surface area contributed by atoms with E-state index >= 15 is 0 Å². The molecule has 140 valence electrons. The first kappa shape index (κ1) is 20.0. The number of nitrogens with one attached hydrogen (secondary N) is 1. The summed E-state index contributed by atoms with van der Waals surface area (Å²) in [5.41, 5.74) is 6.36. The Hall–Kier alpha value is -2.32. The molecule has 1 aliphatic carbocycles. The first-order valence-corrected chi connectivity index (χ1v) is 9.12. The number of hydrazine groups is 1. The van der Waals surface area contributed by atoms with E-state index in [1.165, 1.54) is 26.0 Å². The van der Waals surface area contributed by atoms with Crippen LogP contribution in [0.2, 0.25) is 0 Å². The van der Waals surface area contributed by atoms with Gasteiger partial charge in [-0.3, -0.25) is 4.79 Å². The monoisotopic (exact) mass is 421 g/mol. The van der Waals surface area contributed by atoms with Gasteiger partial charge in [0.05, 0.1) is 4.48 Å². The highest BCUT2D eigenvalue weighted by Gasteiger charge is 2.22. The van der Waals surface area contributed by atoms with Crippen molar-refractivity contribution in [2.75, 3.05) is 6.54 Å². The van der Waals surface area contributed by atoms with Crippen molar-refractivity contribution in [2.45, 2.75) is 26.3 Å². The van der Waals surface area contributed by atoms with E-state index in [2.05, 4.69) is 26.2 Å². The van der Waals surface area contributed by atoms with Crippen LogP contribution in [0, 0.1) is 5.92 Å². The Balaban J connectivity index is 2.11. The van der Waals surface area contributed by atoms with Crippen LogP contribution in [-0.4, -0.2) is 22.4 Å². The number of carbonyl (C=O) groups excluding carboxylic acids is 1. The van der Waals surface area contributed by atoms with Crippen molar-refractivity contribution in [2.24, 2.45) is 17.5 Å². The Labute approximate surface area is 161 Å². The summed E-state index contributed by atoms with van der Waals surface area (Å²) in [6, 6.07) is 3.62. The molecule has 1 aromatic rings. The van der Waals surface area contributed by atoms with Gasteiger partial charge in [-0.05, 0) is 52.9 Å². The zero-order valence-corrected chi connectivity index (χ0v) is 16.3. The molecule has 0 aromatic carbocycles. The lowest BCUT2D eigenvalue weighted by molar-refractivity contribution is -0.119. The molecule has 0 atom stereocenters. The Morgan fingerprint density at radius 3 is 2.96 bits per heavy atom. The minimum absolute atomic E-state index is 0.125. The van der Waals surface area contributed by atoms with Gasteiger partial charge in [0.2, 0.25) is 11.8 Å². The van der Waals surface area contributed by atoms with Gasteiger partial charge < -0.3 is 20.8 Å². The van der Waals surface area contributed by atoms with Crippen molar-refractivity contribution >= 4 is 21.8 Å². The number of pyridine rings is 1. The van der Waals surface area contributed by atoms with Crippen molar-refractivity contribution in [3.8, 4) is 5.88 Å². The van der Waals surface area contributed by atoms with Crippen LogP contribution in [0.1, 0.15) is 25.3 Å². The molecule has 0 unspecified atom stereocenters. The molecule has 2 rings (SSSR count). The third-order valence-electron chi connectivity index (χ3n) is 3.66. The zero-order valence-electron chi connectivity index (χ0n) is 14.7. The molecule has 1 fully saturated rings. The average molecular weight is 422 g/mol. The second-order valence-electron chi connectivity index (χ2n) is 6.01. The molecule has 1 aromatic heterocycles. The summed E-state index contributed by atoms with van der Waals surface area (Å²) >= 11 is 3.37. The van der Waals surface area contributed by atoms with E-state index in [-0.39, 0.29) is 5.91 Å². The smallest absolute Gasteiger partial charge is 0.224 e. The summed E-state index contributed by atoms with van der Waals surface area (Å²) in [6.45, 7) is 2.63. The summed E-state index contributed by atoms with van der Waals surface area (Å²) in [7, 11) is 0. The van der Waals surface area contributed by atoms with Crippen LogP contribution in [0.4, 0.5) is 0 Å². The molecule has 8 heteroatoms. The highest BCUT2D eigenvalue weighted by atomic mass is 79.9. The summed E-state index contributed by atoms with van der Waals surface area (Å²) in [4.78, 5) is 15.4. The number of amides is 1. The number of ether oxygens (including phenoxy) is 1. The first-order chi connectivity index (χ1) is 12.5. The van der Waals surface area contributed by atoms with Gasteiger partial charge >= 0.3 is 0 Å². The molecule has 0 radical (unpaired) electrons. The van der Waals surface area contributed by atoms with E-state index in [1.54, 1.807) is 35.6 Å². The van der Waals surface area contributed by atoms with Crippen molar-refractivity contribution in [1.82, 2.24) is 15.3 Å². The van der Waals surface area contributed by atoms with Gasteiger partial charge in [-0.1, -0.05) is 6.07 Å². The van der Waals surface area contributed by atoms with Gasteiger partial charge in [0.25, 0.3) is 0 Å². The molecular formula is C18H24BrN5O2. The predicted molar refractivity (Wildman–Crippen MR) is 104 cm³/mol. The number of halogens is 1. The van der Waals surface area contributed by atoms with Crippen LogP contribution < -0.4 is 21.6 Å². The summed E-state index contributed by atoms with van der Waals surface area (Å²) in [5, 5.41) is 4.40. The topological polar surface area (TPSA) is 106 Å². The average Bonchev–Trinajstić information content (AvgIpc) is 3.43. The third kappa shape index (κ3) is 6.89. The van der Waals surface area contributed by atoms with Crippen molar-refractivity contribution < 1.29 is 9.53 Å². The SMILES string of the molecule is CC(=O)NCc1cccnc1OC(=C/C=C/N(N)CC1CC1)/C(Br)=C/N. The second-order valence-corrected chi connectivity index (χ2v) is 6.86. The van der Waals surface area contributed by atoms with Gasteiger partial charge in [0.15, 0.2) is 0 Å². The predicted octanol–water partition coefficient (Wildman–Crippen LogP) is 2.27. The largest absolute Gasteiger partial charge is 0.437 e. The van der Waals surface area contributed by atoms with E-state index in [0.717, 1.165) is 12.1 Å². The molecule has 1 saturated carbocycles. The Kier molecular flexibility index (Phi) is 7.68. The molecule has 0 saturated heterocycles. The minimum Gasteiger partial charge on any atom is -0.437 e. The third-order valence-corrected chi connectivity index (χ3v) is 4.31. The minimum atomic E-state index is -0.125. The highest BCUT2D eigenvalue weighted by molar-refractivity contribution is 9.11. The molecule has 0 aliphatic heterocycles. The fourth-order valence-corrected chi connectivity index (χ4v) is 2.33. The van der Waals surface area contributed by atoms with Crippen LogP contribution in [0.15, 0.2) is 53.1 Å². The van der Waals surface area contributed by atoms with Gasteiger partial charge in [-0.15, -0.1) is 0 Å². The lowest BCUT2D eigenvalue weighted by Crippen LogP contribution is -2.26. The standard InChI is InChI=1S/C18H24BrN5O2/c1-13(25)23-11-15-4-2-8-22-18(15)26-17(16(19)10-20)5-3-9-24(21)12-14-6-7-14/h2-5,8-10,14H,6-7,11-12,20-21H2,1H3,(H,23,25)/b9-3+,16-10-,17-5+. The molecule has 1 heterocycles. The van der Waals surface area contributed by atoms with Gasteiger partial charge in [0.1, 0.15) is 5.76 Å². The van der Waals surface area contributed by atoms with Crippen LogP contribution in [-0.2, 0) is 11.3 Å². The van der Waals surface area contributed by atoms with E-state index in [1.807, 2.05) is 6.07 Å². The summed E-state index contributed by atoms with van der Waals surface area (Å²) < 4.78 is 6.47. The van der Waals surface area contributed by atoms with Crippen LogP contribution in [0.5, 0.6) is 5.88 Å². The fourth-order valence-electron chi connectivity index (χ4n) is 2.12. The van der Waals surface area contributed by atoms with Crippen molar-refractivity contribution in [1.29, 1.82) is 0 Å². The molecule has 1 aliphatic rings. The van der Waals surface area contributed by atoms with Gasteiger partial charge in [0, 0.05) is 44.2 Å². The molecule has 0 spiro atoms. The quantitative estimate of drug-likeness (QED) is 0.244. The normalized spacial score (nSPS) is 15.2. The number of carbonyl (C=O) groups is 1. The second kappa shape index (κ2) is 9.98. The van der Waals surface area contributed by atoms with E-state index in [4.69, 9.17) is 16.3 Å². The Morgan fingerprint density at radius 1 is 1.54 bits per heavy atom. The lowest BCUT2D eigenvalue weighted by Gasteiger charge is -2.13. The number of nitrogens with zero attached hydrogens (tertiary/aromatic N) is 2. The van der Waals surface area contributed by atoms with Crippen molar-refractivity contribution in [3.63, 3.8) is 0 Å². The van der Waals surface area contributed by atoms with Crippen molar-refractivity contribution in [3.05, 3.63) is 58.7 Å². The Morgan fingerprint density at radius 2 is 2.31 bits per heavy atom. The molecular weight excluding hydrogens is 398 g/mol. The van der Waals surface area contributed by atoms with E-state index in [0.29, 0.717) is 28.6 Å². The number of hydrogen-bond acceptors (Lipinski definition) is 6. The number of rotatable bonds is 9. The van der Waals surface area contributed by atoms with Gasteiger partial charge in [-0.2, -0.15) is 0 Å². The Bertz CT molecular complexity index is 713. The number of aromatic nitrogens is 1. The molecule has 5 N–H and O–H groups in total. The van der Waals surface area contributed by atoms with Crippen LogP contribution >= 0.6 is 15.9 Å². The van der Waals surface area contributed by atoms with Gasteiger partial charge in [-0.25, -0.2) is 10.8 Å². The number of nitrogens with two attached hydrogens (primary N) is 2.